The summed E-state index contributed by atoms with van der Waals surface area (Å²) in [5.41, 5.74) is -0.0953. The van der Waals surface area contributed by atoms with Gasteiger partial charge in [-0.1, -0.05) is 24.3 Å². The highest BCUT2D eigenvalue weighted by Crippen LogP contribution is 2.19. The molecule has 0 N–H and O–H groups in total. The van der Waals surface area contributed by atoms with Crippen LogP contribution >= 0.6 is 0 Å². The van der Waals surface area contributed by atoms with E-state index in [9.17, 15) is 19.3 Å². The number of ether oxygens (including phenoxy) is 1. The van der Waals surface area contributed by atoms with E-state index in [1.807, 2.05) is 0 Å². The minimum Gasteiger partial charge on any atom is -0.457 e. The Balaban J connectivity index is 2.12. The summed E-state index contributed by atoms with van der Waals surface area (Å²) >= 11 is 0. The Hall–Kier alpha value is -2.76. The maximum atomic E-state index is 13.4. The predicted octanol–water partition coefficient (Wildman–Crippen LogP) is 3.09. The van der Waals surface area contributed by atoms with Gasteiger partial charge in [0, 0.05) is 6.07 Å². The molecule has 0 unspecified atom stereocenters. The van der Waals surface area contributed by atoms with Crippen LogP contribution in [-0.2, 0) is 11.3 Å². The minimum atomic E-state index is -0.860. The van der Waals surface area contributed by atoms with Crippen molar-refractivity contribution in [3.63, 3.8) is 0 Å². The Morgan fingerprint density at radius 1 is 1.15 bits per heavy atom. The number of para-hydroxylation sites is 1. The quantitative estimate of drug-likeness (QED) is 0.488. The number of benzene rings is 2. The van der Waals surface area contributed by atoms with Crippen LogP contribution in [0.5, 0.6) is 0 Å². The molecule has 0 amide bonds. The van der Waals surface area contributed by atoms with Crippen molar-refractivity contribution in [3.05, 3.63) is 75.6 Å². The summed E-state index contributed by atoms with van der Waals surface area (Å²) in [7, 11) is 0. The highest BCUT2D eigenvalue weighted by molar-refractivity contribution is 5.89. The number of nitrogens with zero attached hydrogens (tertiary/aromatic N) is 1. The first kappa shape index (κ1) is 13.7. The summed E-state index contributed by atoms with van der Waals surface area (Å²) in [6, 6.07) is 11.3. The summed E-state index contributed by atoms with van der Waals surface area (Å²) in [5.74, 6) is -1.55. The summed E-state index contributed by atoms with van der Waals surface area (Å²) in [5, 5.41) is 10.8. The van der Waals surface area contributed by atoms with E-state index in [0.717, 1.165) is 6.07 Å². The smallest absolute Gasteiger partial charge is 0.341 e. The summed E-state index contributed by atoms with van der Waals surface area (Å²) in [6.07, 6.45) is 0. The third-order valence-electron chi connectivity index (χ3n) is 2.64. The lowest BCUT2D eigenvalue weighted by Gasteiger charge is -2.06. The van der Waals surface area contributed by atoms with E-state index >= 15 is 0 Å². The second kappa shape index (κ2) is 5.92. The van der Waals surface area contributed by atoms with E-state index in [1.54, 1.807) is 6.07 Å². The van der Waals surface area contributed by atoms with Crippen molar-refractivity contribution in [2.75, 3.05) is 0 Å². The Labute approximate surface area is 113 Å². The lowest BCUT2D eigenvalue weighted by atomic mass is 10.2. The number of rotatable bonds is 4. The number of hydrogen-bond acceptors (Lipinski definition) is 4. The fraction of sp³-hybridized carbons (Fsp3) is 0.0714. The molecule has 0 atom stereocenters. The van der Waals surface area contributed by atoms with E-state index in [-0.39, 0.29) is 23.4 Å². The molecule has 0 aliphatic carbocycles. The number of nitro groups is 1. The van der Waals surface area contributed by atoms with E-state index in [1.165, 1.54) is 36.4 Å². The molecule has 20 heavy (non-hydrogen) atoms. The van der Waals surface area contributed by atoms with Gasteiger partial charge in [0.2, 0.25) is 0 Å². The third kappa shape index (κ3) is 2.97. The lowest BCUT2D eigenvalue weighted by molar-refractivity contribution is -0.385. The van der Waals surface area contributed by atoms with Crippen LogP contribution in [0.15, 0.2) is 48.5 Å². The van der Waals surface area contributed by atoms with Crippen molar-refractivity contribution >= 4 is 11.7 Å². The monoisotopic (exact) mass is 275 g/mol. The average molecular weight is 275 g/mol. The molecule has 0 fully saturated rings. The van der Waals surface area contributed by atoms with Gasteiger partial charge in [0.25, 0.3) is 5.69 Å². The second-order valence-electron chi connectivity index (χ2n) is 3.94. The number of carbonyl (C=O) groups excluding carboxylic acids is 1. The van der Waals surface area contributed by atoms with Crippen LogP contribution in [-0.4, -0.2) is 10.9 Å². The summed E-state index contributed by atoms with van der Waals surface area (Å²) < 4.78 is 18.3. The SMILES string of the molecule is O=C(OCc1ccccc1[N+](=O)[O-])c1ccccc1F. The number of nitro benzene ring substituents is 1. The molecule has 2 aromatic carbocycles. The van der Waals surface area contributed by atoms with Crippen molar-refractivity contribution < 1.29 is 18.8 Å². The lowest BCUT2D eigenvalue weighted by Crippen LogP contribution is -2.08. The topological polar surface area (TPSA) is 69.4 Å². The molecule has 0 saturated heterocycles. The fourth-order valence-electron chi connectivity index (χ4n) is 1.66. The maximum absolute atomic E-state index is 13.4. The predicted molar refractivity (Wildman–Crippen MR) is 68.6 cm³/mol. The molecule has 2 rings (SSSR count). The van der Waals surface area contributed by atoms with Crippen molar-refractivity contribution in [1.29, 1.82) is 0 Å². The number of esters is 1. The summed E-state index contributed by atoms with van der Waals surface area (Å²) in [4.78, 5) is 21.9. The van der Waals surface area contributed by atoms with Gasteiger partial charge in [0.05, 0.1) is 16.1 Å². The number of halogens is 1. The van der Waals surface area contributed by atoms with Gasteiger partial charge >= 0.3 is 5.97 Å². The average Bonchev–Trinajstić information content (AvgIpc) is 2.45. The van der Waals surface area contributed by atoms with E-state index < -0.39 is 16.7 Å². The summed E-state index contributed by atoms with van der Waals surface area (Å²) in [6.45, 7) is -0.287. The molecule has 0 aliphatic rings. The van der Waals surface area contributed by atoms with Crippen LogP contribution in [0.25, 0.3) is 0 Å². The molecule has 5 nitrogen and oxygen atoms in total. The van der Waals surface area contributed by atoms with Gasteiger partial charge < -0.3 is 4.74 Å². The molecule has 6 heteroatoms. The first-order valence-electron chi connectivity index (χ1n) is 5.73. The maximum Gasteiger partial charge on any atom is 0.341 e. The zero-order valence-electron chi connectivity index (χ0n) is 10.3. The van der Waals surface area contributed by atoms with Gasteiger partial charge in [0.1, 0.15) is 12.4 Å². The van der Waals surface area contributed by atoms with Crippen LogP contribution in [0.2, 0.25) is 0 Å². The third-order valence-corrected chi connectivity index (χ3v) is 2.64. The van der Waals surface area contributed by atoms with Gasteiger partial charge in [-0.25, -0.2) is 9.18 Å². The molecule has 0 heterocycles. The van der Waals surface area contributed by atoms with Crippen LogP contribution in [0, 0.1) is 15.9 Å². The molecule has 0 bridgehead atoms. The molecular weight excluding hydrogens is 265 g/mol. The zero-order valence-corrected chi connectivity index (χ0v) is 10.3. The van der Waals surface area contributed by atoms with Gasteiger partial charge in [-0.3, -0.25) is 10.1 Å². The highest BCUT2D eigenvalue weighted by atomic mass is 19.1. The largest absolute Gasteiger partial charge is 0.457 e. The first-order valence-corrected chi connectivity index (χ1v) is 5.73. The van der Waals surface area contributed by atoms with E-state index in [2.05, 4.69) is 0 Å². The number of carbonyl (C=O) groups is 1. The van der Waals surface area contributed by atoms with Crippen molar-refractivity contribution in [2.45, 2.75) is 6.61 Å². The normalized spacial score (nSPS) is 10.1. The van der Waals surface area contributed by atoms with Crippen LogP contribution in [0.1, 0.15) is 15.9 Å². The molecule has 0 radical (unpaired) electrons. The minimum absolute atomic E-state index is 0.145. The molecule has 0 aromatic heterocycles. The Morgan fingerprint density at radius 3 is 2.50 bits per heavy atom. The van der Waals surface area contributed by atoms with Crippen LogP contribution < -0.4 is 0 Å². The van der Waals surface area contributed by atoms with Gasteiger partial charge in [0.15, 0.2) is 0 Å². The van der Waals surface area contributed by atoms with Crippen LogP contribution in [0.3, 0.4) is 0 Å². The molecule has 0 aliphatic heterocycles. The van der Waals surface area contributed by atoms with E-state index in [0.29, 0.717) is 0 Å². The first-order chi connectivity index (χ1) is 9.59. The fourth-order valence-corrected chi connectivity index (χ4v) is 1.66. The van der Waals surface area contributed by atoms with Crippen molar-refractivity contribution in [2.24, 2.45) is 0 Å². The van der Waals surface area contributed by atoms with Gasteiger partial charge in [-0.15, -0.1) is 0 Å². The Bertz CT molecular complexity index is 657. The van der Waals surface area contributed by atoms with Crippen molar-refractivity contribution in [3.8, 4) is 0 Å². The zero-order chi connectivity index (χ0) is 14.5. The molecule has 2 aromatic rings. The highest BCUT2D eigenvalue weighted by Gasteiger charge is 2.16. The molecule has 102 valence electrons. The molecule has 0 spiro atoms. The molecule has 0 saturated carbocycles. The Kier molecular flexibility index (Phi) is 4.05. The van der Waals surface area contributed by atoms with Gasteiger partial charge in [-0.05, 0) is 18.2 Å². The second-order valence-corrected chi connectivity index (χ2v) is 3.94. The van der Waals surface area contributed by atoms with E-state index in [4.69, 9.17) is 4.74 Å². The van der Waals surface area contributed by atoms with Gasteiger partial charge in [-0.2, -0.15) is 0 Å². The Morgan fingerprint density at radius 2 is 1.80 bits per heavy atom. The van der Waals surface area contributed by atoms with Crippen molar-refractivity contribution in [1.82, 2.24) is 0 Å². The van der Waals surface area contributed by atoms with Crippen LogP contribution in [0.4, 0.5) is 10.1 Å². The molecular formula is C14H10FNO4. The number of hydrogen-bond donors (Lipinski definition) is 0. The standard InChI is InChI=1S/C14H10FNO4/c15-12-7-3-2-6-11(12)14(17)20-9-10-5-1-4-8-13(10)16(18)19/h1-8H,9H2.